The maximum absolute atomic E-state index is 5.87. The molecule has 0 amide bonds. The van der Waals surface area contributed by atoms with E-state index in [1.807, 2.05) is 0 Å². The third-order valence-electron chi connectivity index (χ3n) is 4.30. The standard InChI is InChI=1S/C14H20N2O/c1-17-12-4-2-10-3-5-13-11(9-15)6-7-16(13)14(10)8-12/h2,4,8,11,13H,3,5-7,9,15H2,1H3. The second kappa shape index (κ2) is 4.22. The van der Waals surface area contributed by atoms with Crippen molar-refractivity contribution in [1.82, 2.24) is 0 Å². The number of aryl methyl sites for hydroxylation is 1. The molecule has 2 aliphatic heterocycles. The summed E-state index contributed by atoms with van der Waals surface area (Å²) >= 11 is 0. The number of nitrogens with two attached hydrogens (primary N) is 1. The molecule has 0 bridgehead atoms. The molecule has 0 radical (unpaired) electrons. The van der Waals surface area contributed by atoms with Crippen LogP contribution < -0.4 is 15.4 Å². The van der Waals surface area contributed by atoms with Gasteiger partial charge in [-0.05, 0) is 43.4 Å². The van der Waals surface area contributed by atoms with Gasteiger partial charge in [0.05, 0.1) is 7.11 Å². The molecule has 1 aromatic rings. The summed E-state index contributed by atoms with van der Waals surface area (Å²) in [4.78, 5) is 2.54. The van der Waals surface area contributed by atoms with Gasteiger partial charge in [-0.2, -0.15) is 0 Å². The molecule has 1 aromatic carbocycles. The molecule has 92 valence electrons. The van der Waals surface area contributed by atoms with Gasteiger partial charge in [-0.25, -0.2) is 0 Å². The van der Waals surface area contributed by atoms with E-state index in [1.165, 1.54) is 30.5 Å². The van der Waals surface area contributed by atoms with E-state index in [0.29, 0.717) is 12.0 Å². The largest absolute Gasteiger partial charge is 0.497 e. The predicted octanol–water partition coefficient (Wildman–Crippen LogP) is 1.79. The minimum Gasteiger partial charge on any atom is -0.497 e. The number of anilines is 1. The van der Waals surface area contributed by atoms with Gasteiger partial charge in [0.25, 0.3) is 0 Å². The second-order valence-corrected chi connectivity index (χ2v) is 5.08. The lowest BCUT2D eigenvalue weighted by molar-refractivity contribution is 0.412. The van der Waals surface area contributed by atoms with Gasteiger partial charge in [0.1, 0.15) is 5.75 Å². The van der Waals surface area contributed by atoms with Gasteiger partial charge < -0.3 is 15.4 Å². The number of hydrogen-bond donors (Lipinski definition) is 1. The summed E-state index contributed by atoms with van der Waals surface area (Å²) in [6, 6.07) is 7.11. The predicted molar refractivity (Wildman–Crippen MR) is 69.6 cm³/mol. The van der Waals surface area contributed by atoms with Gasteiger partial charge in [-0.15, -0.1) is 0 Å². The number of ether oxygens (including phenoxy) is 1. The smallest absolute Gasteiger partial charge is 0.120 e. The Morgan fingerprint density at radius 1 is 1.41 bits per heavy atom. The average Bonchev–Trinajstić information content (AvgIpc) is 2.81. The van der Waals surface area contributed by atoms with Crippen LogP contribution in [0.15, 0.2) is 18.2 Å². The van der Waals surface area contributed by atoms with Crippen molar-refractivity contribution in [3.8, 4) is 5.75 Å². The number of methoxy groups -OCH3 is 1. The molecular formula is C14H20N2O. The van der Waals surface area contributed by atoms with Gasteiger partial charge in [0.15, 0.2) is 0 Å². The molecule has 2 aliphatic rings. The van der Waals surface area contributed by atoms with Crippen molar-refractivity contribution in [2.45, 2.75) is 25.3 Å². The van der Waals surface area contributed by atoms with Crippen molar-refractivity contribution in [3.05, 3.63) is 23.8 Å². The molecular weight excluding hydrogens is 212 g/mol. The van der Waals surface area contributed by atoms with Gasteiger partial charge in [-0.3, -0.25) is 0 Å². The van der Waals surface area contributed by atoms with Crippen LogP contribution in [0.5, 0.6) is 5.75 Å². The van der Waals surface area contributed by atoms with Gasteiger partial charge in [0, 0.05) is 24.3 Å². The number of benzene rings is 1. The number of rotatable bonds is 2. The SMILES string of the molecule is COc1ccc2c(c1)N1CCC(CN)C1CC2. The Balaban J connectivity index is 1.96. The highest BCUT2D eigenvalue weighted by Gasteiger charge is 2.36. The maximum atomic E-state index is 5.87. The van der Waals surface area contributed by atoms with E-state index in [-0.39, 0.29) is 0 Å². The molecule has 0 saturated carbocycles. The first-order valence-corrected chi connectivity index (χ1v) is 6.47. The highest BCUT2D eigenvalue weighted by molar-refractivity contribution is 5.60. The zero-order chi connectivity index (χ0) is 11.8. The molecule has 3 heteroatoms. The van der Waals surface area contributed by atoms with E-state index in [0.717, 1.165) is 18.8 Å². The molecule has 2 unspecified atom stereocenters. The third-order valence-corrected chi connectivity index (χ3v) is 4.30. The van der Waals surface area contributed by atoms with Crippen molar-refractivity contribution in [2.24, 2.45) is 11.7 Å². The zero-order valence-corrected chi connectivity index (χ0v) is 10.4. The minimum atomic E-state index is 0.652. The summed E-state index contributed by atoms with van der Waals surface area (Å²) in [5.74, 6) is 1.63. The van der Waals surface area contributed by atoms with Crippen molar-refractivity contribution >= 4 is 5.69 Å². The fourth-order valence-electron chi connectivity index (χ4n) is 3.34. The van der Waals surface area contributed by atoms with Crippen molar-refractivity contribution in [3.63, 3.8) is 0 Å². The Bertz CT molecular complexity index is 419. The normalized spacial score (nSPS) is 26.6. The summed E-state index contributed by atoms with van der Waals surface area (Å²) in [6.07, 6.45) is 3.66. The Morgan fingerprint density at radius 2 is 2.29 bits per heavy atom. The molecule has 0 aromatic heterocycles. The quantitative estimate of drug-likeness (QED) is 0.845. The van der Waals surface area contributed by atoms with Crippen LogP contribution in [-0.4, -0.2) is 26.2 Å². The van der Waals surface area contributed by atoms with E-state index in [9.17, 15) is 0 Å². The van der Waals surface area contributed by atoms with Crippen LogP contribution in [0.25, 0.3) is 0 Å². The second-order valence-electron chi connectivity index (χ2n) is 5.08. The summed E-state index contributed by atoms with van der Waals surface area (Å²) in [6.45, 7) is 1.97. The van der Waals surface area contributed by atoms with Crippen LogP contribution >= 0.6 is 0 Å². The molecule has 17 heavy (non-hydrogen) atoms. The Labute approximate surface area is 103 Å². The first kappa shape index (κ1) is 10.9. The maximum Gasteiger partial charge on any atom is 0.120 e. The lowest BCUT2D eigenvalue weighted by atomic mass is 9.90. The number of nitrogens with zero attached hydrogens (tertiary/aromatic N) is 1. The number of hydrogen-bond acceptors (Lipinski definition) is 3. The van der Waals surface area contributed by atoms with Gasteiger partial charge in [0.2, 0.25) is 0 Å². The summed E-state index contributed by atoms with van der Waals surface area (Å²) < 4.78 is 5.33. The van der Waals surface area contributed by atoms with E-state index >= 15 is 0 Å². The highest BCUT2D eigenvalue weighted by Crippen LogP contribution is 2.40. The van der Waals surface area contributed by atoms with Crippen LogP contribution in [0.2, 0.25) is 0 Å². The van der Waals surface area contributed by atoms with Crippen molar-refractivity contribution in [2.75, 3.05) is 25.1 Å². The molecule has 0 aliphatic carbocycles. The average molecular weight is 232 g/mol. The Hall–Kier alpha value is -1.22. The Morgan fingerprint density at radius 3 is 3.06 bits per heavy atom. The lowest BCUT2D eigenvalue weighted by Gasteiger charge is -2.36. The van der Waals surface area contributed by atoms with Gasteiger partial charge in [-0.1, -0.05) is 6.07 Å². The summed E-state index contributed by atoms with van der Waals surface area (Å²) in [7, 11) is 1.73. The highest BCUT2D eigenvalue weighted by atomic mass is 16.5. The van der Waals surface area contributed by atoms with Crippen molar-refractivity contribution in [1.29, 1.82) is 0 Å². The Kier molecular flexibility index (Phi) is 2.71. The minimum absolute atomic E-state index is 0.652. The molecule has 0 spiro atoms. The zero-order valence-electron chi connectivity index (χ0n) is 10.4. The van der Waals surface area contributed by atoms with Crippen LogP contribution in [0.1, 0.15) is 18.4 Å². The molecule has 2 heterocycles. The first-order chi connectivity index (χ1) is 8.33. The summed E-state index contributed by atoms with van der Waals surface area (Å²) in [5.41, 5.74) is 8.70. The molecule has 2 atom stereocenters. The van der Waals surface area contributed by atoms with E-state index < -0.39 is 0 Å². The van der Waals surface area contributed by atoms with Crippen LogP contribution in [0.4, 0.5) is 5.69 Å². The fraction of sp³-hybridized carbons (Fsp3) is 0.571. The van der Waals surface area contributed by atoms with E-state index in [4.69, 9.17) is 10.5 Å². The molecule has 1 saturated heterocycles. The van der Waals surface area contributed by atoms with Gasteiger partial charge >= 0.3 is 0 Å². The van der Waals surface area contributed by atoms with Crippen LogP contribution in [-0.2, 0) is 6.42 Å². The number of fused-ring (bicyclic) bond motifs is 3. The molecule has 3 nitrogen and oxygen atoms in total. The summed E-state index contributed by atoms with van der Waals surface area (Å²) in [5, 5.41) is 0. The third kappa shape index (κ3) is 1.69. The fourth-order valence-corrected chi connectivity index (χ4v) is 3.34. The lowest BCUT2D eigenvalue weighted by Crippen LogP contribution is -2.39. The van der Waals surface area contributed by atoms with Crippen LogP contribution in [0.3, 0.4) is 0 Å². The van der Waals surface area contributed by atoms with E-state index in [2.05, 4.69) is 23.1 Å². The topological polar surface area (TPSA) is 38.5 Å². The monoisotopic (exact) mass is 232 g/mol. The first-order valence-electron chi connectivity index (χ1n) is 6.47. The van der Waals surface area contributed by atoms with Crippen LogP contribution in [0, 0.1) is 5.92 Å². The van der Waals surface area contributed by atoms with E-state index in [1.54, 1.807) is 7.11 Å². The molecule has 3 rings (SSSR count). The molecule has 1 fully saturated rings. The molecule has 2 N–H and O–H groups in total. The van der Waals surface area contributed by atoms with Crippen molar-refractivity contribution < 1.29 is 4.74 Å².